The molecule has 1 unspecified atom stereocenters. The highest BCUT2D eigenvalue weighted by molar-refractivity contribution is 7.86. The number of aromatic nitrogens is 1. The van der Waals surface area contributed by atoms with E-state index in [0.29, 0.717) is 28.6 Å². The van der Waals surface area contributed by atoms with Gasteiger partial charge < -0.3 is 14.4 Å². The third-order valence-corrected chi connectivity index (χ3v) is 8.76. The summed E-state index contributed by atoms with van der Waals surface area (Å²) in [5, 5.41) is 0.921. The fourth-order valence-electron chi connectivity index (χ4n) is 4.84. The van der Waals surface area contributed by atoms with E-state index >= 15 is 0 Å². The second-order valence-electron chi connectivity index (χ2n) is 11.4. The Labute approximate surface area is 244 Å². The molecule has 7 nitrogen and oxygen atoms in total. The van der Waals surface area contributed by atoms with E-state index in [2.05, 4.69) is 25.8 Å². The van der Waals surface area contributed by atoms with Crippen LogP contribution in [0, 0.1) is 0 Å². The van der Waals surface area contributed by atoms with Crippen molar-refractivity contribution in [2.24, 2.45) is 0 Å². The predicted octanol–water partition coefficient (Wildman–Crippen LogP) is 6.27. The van der Waals surface area contributed by atoms with Crippen LogP contribution in [0.2, 0.25) is 0 Å². The van der Waals surface area contributed by atoms with Crippen molar-refractivity contribution >= 4 is 33.5 Å². The van der Waals surface area contributed by atoms with Crippen molar-refractivity contribution in [2.45, 2.75) is 56.5 Å². The molecule has 0 aliphatic heterocycles. The second-order valence-corrected chi connectivity index (χ2v) is 12.8. The number of carbonyl (C=O) groups excluding carboxylic acids is 1. The van der Waals surface area contributed by atoms with Gasteiger partial charge in [0.05, 0.1) is 30.3 Å². The van der Waals surface area contributed by atoms with Gasteiger partial charge in [-0.2, -0.15) is 0 Å². The molecule has 1 atom stereocenters. The first-order chi connectivity index (χ1) is 19.7. The van der Waals surface area contributed by atoms with Gasteiger partial charge in [-0.1, -0.05) is 39.0 Å². The van der Waals surface area contributed by atoms with E-state index in [9.17, 15) is 9.00 Å². The maximum atomic E-state index is 14.1. The Bertz CT molecular complexity index is 1540. The first kappa shape index (κ1) is 28.6. The number of nitrogens with zero attached hydrogens (tertiary/aromatic N) is 3. The first-order valence-electron chi connectivity index (χ1n) is 13.8. The minimum Gasteiger partial charge on any atom is -0.497 e. The van der Waals surface area contributed by atoms with Crippen LogP contribution in [0.15, 0.2) is 83.9 Å². The number of amides is 1. The average Bonchev–Trinajstić information content (AvgIpc) is 3.83. The molecule has 1 saturated carbocycles. The minimum absolute atomic E-state index is 0.0193. The first-order valence-corrected chi connectivity index (χ1v) is 14.9. The highest BCUT2D eigenvalue weighted by Crippen LogP contribution is 2.32. The van der Waals surface area contributed by atoms with Gasteiger partial charge in [0.1, 0.15) is 18.0 Å². The van der Waals surface area contributed by atoms with E-state index in [1.165, 1.54) is 0 Å². The zero-order valence-electron chi connectivity index (χ0n) is 24.3. The van der Waals surface area contributed by atoms with Crippen molar-refractivity contribution in [3.8, 4) is 11.5 Å². The molecule has 0 saturated heterocycles. The van der Waals surface area contributed by atoms with E-state index in [1.807, 2.05) is 77.7 Å². The lowest BCUT2D eigenvalue weighted by atomic mass is 9.87. The zero-order chi connectivity index (χ0) is 29.1. The lowest BCUT2D eigenvalue weighted by Gasteiger charge is -2.29. The number of ether oxygens (including phenoxy) is 2. The molecule has 41 heavy (non-hydrogen) atoms. The monoisotopic (exact) mass is 571 g/mol. The van der Waals surface area contributed by atoms with Gasteiger partial charge in [0.2, 0.25) is 5.91 Å². The topological polar surface area (TPSA) is 72.0 Å². The van der Waals surface area contributed by atoms with Crippen LogP contribution in [-0.4, -0.2) is 46.8 Å². The summed E-state index contributed by atoms with van der Waals surface area (Å²) in [5.41, 5.74) is 3.61. The number of methoxy groups -OCH3 is 2. The number of hydrogen-bond donors (Lipinski definition) is 0. The van der Waals surface area contributed by atoms with E-state index in [0.717, 1.165) is 34.9 Å². The summed E-state index contributed by atoms with van der Waals surface area (Å²) >= 11 is 0. The number of pyridine rings is 1. The summed E-state index contributed by atoms with van der Waals surface area (Å²) in [6, 6.07) is 23.2. The maximum Gasteiger partial charge on any atom is 0.243 e. The Balaban J connectivity index is 1.47. The highest BCUT2D eigenvalue weighted by atomic mass is 32.2. The predicted molar refractivity (Wildman–Crippen MR) is 164 cm³/mol. The van der Waals surface area contributed by atoms with Gasteiger partial charge in [-0.05, 0) is 77.9 Å². The molecule has 0 spiro atoms. The van der Waals surface area contributed by atoms with E-state index in [1.54, 1.807) is 24.7 Å². The molecule has 0 bridgehead atoms. The van der Waals surface area contributed by atoms with Crippen molar-refractivity contribution in [1.29, 1.82) is 0 Å². The van der Waals surface area contributed by atoms with Crippen LogP contribution in [0.4, 0.5) is 5.69 Å². The Morgan fingerprint density at radius 1 is 0.951 bits per heavy atom. The van der Waals surface area contributed by atoms with Crippen molar-refractivity contribution in [2.75, 3.05) is 25.1 Å². The fourth-order valence-corrected chi connectivity index (χ4v) is 5.99. The number of benzene rings is 3. The molecule has 5 rings (SSSR count). The third-order valence-electron chi connectivity index (χ3n) is 7.35. The minimum atomic E-state index is -1.61. The molecule has 1 aliphatic rings. The molecule has 214 valence electrons. The fraction of sp³-hybridized carbons (Fsp3) is 0.333. The average molecular weight is 572 g/mol. The summed E-state index contributed by atoms with van der Waals surface area (Å²) in [4.78, 5) is 20.9. The van der Waals surface area contributed by atoms with Gasteiger partial charge in [-0.3, -0.25) is 14.1 Å². The molecule has 1 aromatic heterocycles. The molecular weight excluding hydrogens is 534 g/mol. The molecule has 1 fully saturated rings. The van der Waals surface area contributed by atoms with Crippen molar-refractivity contribution < 1.29 is 18.5 Å². The highest BCUT2D eigenvalue weighted by Gasteiger charge is 2.34. The molecule has 0 radical (unpaired) electrons. The van der Waals surface area contributed by atoms with E-state index in [-0.39, 0.29) is 23.9 Å². The summed E-state index contributed by atoms with van der Waals surface area (Å²) in [7, 11) is 1.62. The summed E-state index contributed by atoms with van der Waals surface area (Å²) in [6.07, 6.45) is 3.65. The lowest BCUT2D eigenvalue weighted by molar-refractivity contribution is -0.130. The van der Waals surface area contributed by atoms with Crippen LogP contribution >= 0.6 is 0 Å². The van der Waals surface area contributed by atoms with Crippen molar-refractivity contribution in [1.82, 2.24) is 9.88 Å². The number of anilines is 1. The Hall–Kier alpha value is -3.91. The Morgan fingerprint density at radius 3 is 2.24 bits per heavy atom. The van der Waals surface area contributed by atoms with Crippen molar-refractivity contribution in [3.05, 3.63) is 90.1 Å². The van der Waals surface area contributed by atoms with Crippen LogP contribution in [-0.2, 0) is 27.7 Å². The molecule has 8 heteroatoms. The van der Waals surface area contributed by atoms with Gasteiger partial charge in [0.25, 0.3) is 0 Å². The standard InChI is InChI=1S/C33H37N3O4S/c1-33(2,3)25-8-13-30(14-9-25)41(38)36(27-12-15-31-24(19-27)7-6-16-34-31)22-32(37)35(26-10-11-26)21-23-17-28(39-4)20-29(18-23)40-5/h6-9,12-20,26H,10-11,21-22H2,1-5H3. The van der Waals surface area contributed by atoms with Gasteiger partial charge in [0, 0.05) is 30.2 Å². The quantitative estimate of drug-likeness (QED) is 0.224. The van der Waals surface area contributed by atoms with Gasteiger partial charge in [-0.25, -0.2) is 4.21 Å². The SMILES string of the molecule is COc1cc(CN(C(=O)CN(c2ccc3ncccc3c2)S(=O)c2ccc(C(C)(C)C)cc2)C2CC2)cc(OC)c1. The lowest BCUT2D eigenvalue weighted by Crippen LogP contribution is -2.42. The normalized spacial score (nSPS) is 14.0. The van der Waals surface area contributed by atoms with Gasteiger partial charge in [0.15, 0.2) is 11.0 Å². The van der Waals surface area contributed by atoms with Crippen LogP contribution in [0.25, 0.3) is 10.9 Å². The maximum absolute atomic E-state index is 14.1. The molecule has 0 N–H and O–H groups in total. The number of hydrogen-bond acceptors (Lipinski definition) is 5. The molecule has 1 heterocycles. The van der Waals surface area contributed by atoms with E-state index in [4.69, 9.17) is 9.47 Å². The van der Waals surface area contributed by atoms with Crippen LogP contribution in [0.5, 0.6) is 11.5 Å². The Morgan fingerprint density at radius 2 is 1.63 bits per heavy atom. The Kier molecular flexibility index (Phi) is 8.31. The van der Waals surface area contributed by atoms with Gasteiger partial charge in [-0.15, -0.1) is 0 Å². The summed E-state index contributed by atoms with van der Waals surface area (Å²) in [6.45, 7) is 6.84. The molecule has 1 amide bonds. The number of rotatable bonds is 10. The number of fused-ring (bicyclic) bond motifs is 1. The summed E-state index contributed by atoms with van der Waals surface area (Å²) in [5.74, 6) is 1.27. The van der Waals surface area contributed by atoms with Crippen LogP contribution in [0.1, 0.15) is 44.7 Å². The second kappa shape index (κ2) is 11.9. The number of carbonyl (C=O) groups is 1. The smallest absolute Gasteiger partial charge is 0.243 e. The molecule has 1 aliphatic carbocycles. The van der Waals surface area contributed by atoms with Crippen LogP contribution in [0.3, 0.4) is 0 Å². The summed E-state index contributed by atoms with van der Waals surface area (Å²) < 4.78 is 26.7. The third kappa shape index (κ3) is 6.70. The zero-order valence-corrected chi connectivity index (χ0v) is 25.1. The van der Waals surface area contributed by atoms with E-state index < -0.39 is 11.0 Å². The van der Waals surface area contributed by atoms with Crippen molar-refractivity contribution in [3.63, 3.8) is 0 Å². The molecule has 3 aromatic carbocycles. The van der Waals surface area contributed by atoms with Crippen LogP contribution < -0.4 is 13.8 Å². The molecular formula is C33H37N3O4S. The largest absolute Gasteiger partial charge is 0.497 e. The van der Waals surface area contributed by atoms with Gasteiger partial charge >= 0.3 is 0 Å². The molecule has 4 aromatic rings.